The van der Waals surface area contributed by atoms with Gasteiger partial charge in [0.15, 0.2) is 21.3 Å². The van der Waals surface area contributed by atoms with Crippen LogP contribution in [0.2, 0.25) is 0 Å². The van der Waals surface area contributed by atoms with Crippen molar-refractivity contribution in [1.82, 2.24) is 5.32 Å². The molecule has 0 radical (unpaired) electrons. The smallest absolute Gasteiger partial charge is 0.221 e. The zero-order valence-corrected chi connectivity index (χ0v) is 16.1. The van der Waals surface area contributed by atoms with Crippen LogP contribution in [0.4, 0.5) is 0 Å². The van der Waals surface area contributed by atoms with Crippen molar-refractivity contribution in [3.63, 3.8) is 0 Å². The maximum atomic E-state index is 12.3. The van der Waals surface area contributed by atoms with E-state index >= 15 is 0 Å². The number of amides is 1. The van der Waals surface area contributed by atoms with Crippen LogP contribution in [-0.4, -0.2) is 39.8 Å². The van der Waals surface area contributed by atoms with Gasteiger partial charge in [-0.05, 0) is 43.2 Å². The Bertz CT molecular complexity index is 906. The van der Waals surface area contributed by atoms with E-state index in [0.717, 1.165) is 16.9 Å². The fraction of sp³-hybridized carbons (Fsp3) is 0.350. The highest BCUT2D eigenvalue weighted by Crippen LogP contribution is 2.30. The molecule has 7 heteroatoms. The molecule has 6 nitrogen and oxygen atoms in total. The minimum absolute atomic E-state index is 0.0582. The Kier molecular flexibility index (Phi) is 6.01. The van der Waals surface area contributed by atoms with Gasteiger partial charge in [0.25, 0.3) is 0 Å². The summed E-state index contributed by atoms with van der Waals surface area (Å²) < 4.78 is 35.6. The molecule has 0 aliphatic carbocycles. The maximum Gasteiger partial charge on any atom is 0.221 e. The van der Waals surface area contributed by atoms with Crippen molar-refractivity contribution in [3.05, 3.63) is 53.6 Å². The van der Waals surface area contributed by atoms with E-state index < -0.39 is 9.84 Å². The minimum Gasteiger partial charge on any atom is -0.486 e. The Morgan fingerprint density at radius 3 is 2.48 bits per heavy atom. The first-order valence-electron chi connectivity index (χ1n) is 8.89. The van der Waals surface area contributed by atoms with Gasteiger partial charge in [0.1, 0.15) is 13.2 Å². The second-order valence-electron chi connectivity index (χ2n) is 6.46. The SMILES string of the molecule is Cc1ccc(S(=O)(=O)CCC(=O)NCCc2ccc3c(c2)OCCO3)cc1. The third kappa shape index (κ3) is 5.23. The first-order valence-corrected chi connectivity index (χ1v) is 10.5. The van der Waals surface area contributed by atoms with Gasteiger partial charge >= 0.3 is 0 Å². The monoisotopic (exact) mass is 389 g/mol. The predicted molar refractivity (Wildman–Crippen MR) is 102 cm³/mol. The van der Waals surface area contributed by atoms with Crippen molar-refractivity contribution in [2.45, 2.75) is 24.7 Å². The maximum absolute atomic E-state index is 12.3. The van der Waals surface area contributed by atoms with Crippen LogP contribution in [0.3, 0.4) is 0 Å². The van der Waals surface area contributed by atoms with Crippen LogP contribution in [0.15, 0.2) is 47.4 Å². The number of hydrogen-bond acceptors (Lipinski definition) is 5. The van der Waals surface area contributed by atoms with Crippen molar-refractivity contribution >= 4 is 15.7 Å². The predicted octanol–water partition coefficient (Wildman–Crippen LogP) is 2.29. The molecule has 0 spiro atoms. The molecule has 0 atom stereocenters. The molecule has 2 aromatic rings. The van der Waals surface area contributed by atoms with E-state index in [0.29, 0.717) is 31.9 Å². The number of nitrogens with one attached hydrogen (secondary N) is 1. The van der Waals surface area contributed by atoms with Gasteiger partial charge in [0.2, 0.25) is 5.91 Å². The molecule has 1 aliphatic heterocycles. The summed E-state index contributed by atoms with van der Waals surface area (Å²) in [6.45, 7) is 3.41. The summed E-state index contributed by atoms with van der Waals surface area (Å²) in [5.74, 6) is 0.971. The molecule has 0 fully saturated rings. The zero-order valence-electron chi connectivity index (χ0n) is 15.2. The summed E-state index contributed by atoms with van der Waals surface area (Å²) >= 11 is 0. The Balaban J connectivity index is 1.45. The van der Waals surface area contributed by atoms with Crippen molar-refractivity contribution in [2.75, 3.05) is 25.5 Å². The Hall–Kier alpha value is -2.54. The summed E-state index contributed by atoms with van der Waals surface area (Å²) in [6, 6.07) is 12.3. The van der Waals surface area contributed by atoms with Crippen LogP contribution in [0, 0.1) is 6.92 Å². The number of sulfone groups is 1. The van der Waals surface area contributed by atoms with Gasteiger partial charge in [-0.3, -0.25) is 4.79 Å². The Labute approximate surface area is 159 Å². The lowest BCUT2D eigenvalue weighted by Gasteiger charge is -2.18. The molecule has 1 heterocycles. The summed E-state index contributed by atoms with van der Waals surface area (Å²) in [7, 11) is -3.45. The minimum atomic E-state index is -3.45. The first kappa shape index (κ1) is 19.2. The molecule has 27 heavy (non-hydrogen) atoms. The van der Waals surface area contributed by atoms with Crippen molar-refractivity contribution in [1.29, 1.82) is 0 Å². The number of rotatable bonds is 7. The fourth-order valence-corrected chi connectivity index (χ4v) is 4.01. The summed E-state index contributed by atoms with van der Waals surface area (Å²) in [5, 5.41) is 2.77. The Morgan fingerprint density at radius 1 is 1.04 bits per heavy atom. The number of ether oxygens (including phenoxy) is 2. The lowest BCUT2D eigenvalue weighted by Crippen LogP contribution is -2.27. The molecule has 2 aromatic carbocycles. The average molecular weight is 389 g/mol. The fourth-order valence-electron chi connectivity index (χ4n) is 2.77. The second-order valence-corrected chi connectivity index (χ2v) is 8.57. The zero-order chi connectivity index (χ0) is 19.3. The van der Waals surface area contributed by atoms with E-state index in [9.17, 15) is 13.2 Å². The van der Waals surface area contributed by atoms with Crippen molar-refractivity contribution in [2.24, 2.45) is 0 Å². The molecular formula is C20H23NO5S. The van der Waals surface area contributed by atoms with Crippen LogP contribution >= 0.6 is 0 Å². The van der Waals surface area contributed by atoms with Gasteiger partial charge < -0.3 is 14.8 Å². The van der Waals surface area contributed by atoms with E-state index in [2.05, 4.69) is 5.32 Å². The number of hydrogen-bond donors (Lipinski definition) is 1. The Morgan fingerprint density at radius 2 is 1.74 bits per heavy atom. The van der Waals surface area contributed by atoms with Crippen molar-refractivity contribution in [3.8, 4) is 11.5 Å². The van der Waals surface area contributed by atoms with Crippen LogP contribution < -0.4 is 14.8 Å². The second kappa shape index (κ2) is 8.43. The average Bonchev–Trinajstić information content (AvgIpc) is 2.67. The number of fused-ring (bicyclic) bond motifs is 1. The first-order chi connectivity index (χ1) is 12.9. The van der Waals surface area contributed by atoms with E-state index in [1.165, 1.54) is 0 Å². The summed E-state index contributed by atoms with van der Waals surface area (Å²) in [5.41, 5.74) is 2.01. The molecule has 0 saturated heterocycles. The molecule has 0 saturated carbocycles. The number of carbonyl (C=O) groups excluding carboxylic acids is 1. The van der Waals surface area contributed by atoms with E-state index in [-0.39, 0.29) is 23.0 Å². The van der Waals surface area contributed by atoms with Crippen LogP contribution in [-0.2, 0) is 21.1 Å². The van der Waals surface area contributed by atoms with Gasteiger partial charge in [0, 0.05) is 13.0 Å². The van der Waals surface area contributed by atoms with Crippen molar-refractivity contribution < 1.29 is 22.7 Å². The number of benzene rings is 2. The molecule has 1 N–H and O–H groups in total. The molecule has 3 rings (SSSR count). The van der Waals surface area contributed by atoms with Gasteiger partial charge in [-0.2, -0.15) is 0 Å². The quantitative estimate of drug-likeness (QED) is 0.786. The van der Waals surface area contributed by atoms with Gasteiger partial charge in [-0.1, -0.05) is 23.8 Å². The number of aryl methyl sites for hydroxylation is 1. The molecule has 0 bridgehead atoms. The van der Waals surface area contributed by atoms with Crippen LogP contribution in [0.1, 0.15) is 17.5 Å². The van der Waals surface area contributed by atoms with E-state index in [4.69, 9.17) is 9.47 Å². The standard InChI is InChI=1S/C20H23NO5S/c1-15-2-5-17(6-3-15)27(23,24)13-9-20(22)21-10-8-16-4-7-18-19(14-16)26-12-11-25-18/h2-7,14H,8-13H2,1H3,(H,21,22). The normalized spacial score (nSPS) is 13.2. The topological polar surface area (TPSA) is 81.7 Å². The lowest BCUT2D eigenvalue weighted by molar-refractivity contribution is -0.120. The lowest BCUT2D eigenvalue weighted by atomic mass is 10.1. The highest BCUT2D eigenvalue weighted by molar-refractivity contribution is 7.91. The molecule has 0 unspecified atom stereocenters. The highest BCUT2D eigenvalue weighted by atomic mass is 32.2. The largest absolute Gasteiger partial charge is 0.486 e. The molecule has 1 aliphatic rings. The summed E-state index contributed by atoms with van der Waals surface area (Å²) in [6.07, 6.45) is 0.574. The van der Waals surface area contributed by atoms with E-state index in [1.807, 2.05) is 25.1 Å². The molecule has 0 aromatic heterocycles. The summed E-state index contributed by atoms with van der Waals surface area (Å²) in [4.78, 5) is 12.2. The van der Waals surface area contributed by atoms with Gasteiger partial charge in [0.05, 0.1) is 10.6 Å². The van der Waals surface area contributed by atoms with E-state index in [1.54, 1.807) is 24.3 Å². The number of carbonyl (C=O) groups is 1. The third-order valence-corrected chi connectivity index (χ3v) is 6.05. The van der Waals surface area contributed by atoms with Crippen LogP contribution in [0.5, 0.6) is 11.5 Å². The molecule has 1 amide bonds. The van der Waals surface area contributed by atoms with Crippen LogP contribution in [0.25, 0.3) is 0 Å². The van der Waals surface area contributed by atoms with Gasteiger partial charge in [-0.15, -0.1) is 0 Å². The van der Waals surface area contributed by atoms with Gasteiger partial charge in [-0.25, -0.2) is 8.42 Å². The molecule has 144 valence electrons. The molecular weight excluding hydrogens is 366 g/mol. The highest BCUT2D eigenvalue weighted by Gasteiger charge is 2.16. The third-order valence-electron chi connectivity index (χ3n) is 4.32.